The fraction of sp³-hybridized carbons (Fsp3) is 0.607. The van der Waals surface area contributed by atoms with Crippen molar-refractivity contribution in [1.82, 2.24) is 14.9 Å². The predicted molar refractivity (Wildman–Crippen MR) is 134 cm³/mol. The Bertz CT molecular complexity index is 1020. The Kier molecular flexibility index (Phi) is 7.14. The van der Waals surface area contributed by atoms with Gasteiger partial charge in [0.05, 0.1) is 0 Å². The summed E-state index contributed by atoms with van der Waals surface area (Å²) in [5.74, 6) is 1.41. The fourth-order valence-corrected chi connectivity index (χ4v) is 5.76. The first-order valence-corrected chi connectivity index (χ1v) is 13.2. The van der Waals surface area contributed by atoms with Crippen LogP contribution in [0.4, 0.5) is 5.82 Å². The van der Waals surface area contributed by atoms with Crippen LogP contribution in [0.2, 0.25) is 0 Å². The summed E-state index contributed by atoms with van der Waals surface area (Å²) in [6, 6.07) is 5.95. The molecule has 2 N–H and O–H groups in total. The van der Waals surface area contributed by atoms with Gasteiger partial charge in [0, 0.05) is 42.2 Å². The first-order chi connectivity index (χ1) is 16.6. The van der Waals surface area contributed by atoms with E-state index in [2.05, 4.69) is 33.4 Å². The van der Waals surface area contributed by atoms with Crippen molar-refractivity contribution in [1.29, 1.82) is 0 Å². The largest absolute Gasteiger partial charge is 0.480 e. The number of likely N-dealkylation sites (tertiary alicyclic amines) is 1. The van der Waals surface area contributed by atoms with E-state index in [1.54, 1.807) is 0 Å². The summed E-state index contributed by atoms with van der Waals surface area (Å²) in [5.41, 5.74) is 5.55. The maximum atomic E-state index is 12.3. The van der Waals surface area contributed by atoms with Crippen molar-refractivity contribution < 1.29 is 9.90 Å². The zero-order valence-electron chi connectivity index (χ0n) is 20.4. The van der Waals surface area contributed by atoms with E-state index in [-0.39, 0.29) is 0 Å². The van der Waals surface area contributed by atoms with Gasteiger partial charge in [-0.2, -0.15) is 0 Å². The van der Waals surface area contributed by atoms with E-state index < -0.39 is 12.0 Å². The quantitative estimate of drug-likeness (QED) is 0.468. The molecule has 2 aromatic rings. The molecule has 0 bridgehead atoms. The van der Waals surface area contributed by atoms with Crippen LogP contribution in [0, 0.1) is 12.8 Å². The summed E-state index contributed by atoms with van der Waals surface area (Å²) < 4.78 is 0. The lowest BCUT2D eigenvalue weighted by Crippen LogP contribution is -2.33. The minimum atomic E-state index is -0.734. The number of unbranched alkanes of at least 4 members (excludes halogenated alkanes) is 2. The molecule has 0 aromatic carbocycles. The minimum absolute atomic E-state index is 0.455. The number of carboxylic acid groups (broad SMARTS) is 1. The Morgan fingerprint density at radius 2 is 2.12 bits per heavy atom. The van der Waals surface area contributed by atoms with Gasteiger partial charge in [-0.05, 0) is 87.9 Å². The molecule has 0 amide bonds. The van der Waals surface area contributed by atoms with Crippen LogP contribution in [0.3, 0.4) is 0 Å². The summed E-state index contributed by atoms with van der Waals surface area (Å²) in [4.78, 5) is 24.0. The molecule has 4 heterocycles. The molecule has 2 atom stereocenters. The SMILES string of the molecule is Cc1cnc(C2CC2)c(C(C(=O)O)N2CC[C@@H](CCCCCc3ccc4c(n3)NCCC4)C2)c1. The van der Waals surface area contributed by atoms with Crippen molar-refractivity contribution in [2.75, 3.05) is 25.0 Å². The molecular weight excluding hydrogens is 424 g/mol. The Morgan fingerprint density at radius 1 is 1.24 bits per heavy atom. The van der Waals surface area contributed by atoms with Crippen LogP contribution in [0.1, 0.15) is 91.4 Å². The number of pyridine rings is 2. The lowest BCUT2D eigenvalue weighted by Gasteiger charge is -2.26. The van der Waals surface area contributed by atoms with Crippen molar-refractivity contribution in [3.05, 3.63) is 52.5 Å². The van der Waals surface area contributed by atoms with Crippen molar-refractivity contribution in [3.8, 4) is 0 Å². The highest BCUT2D eigenvalue weighted by Gasteiger charge is 2.38. The molecule has 6 nitrogen and oxygen atoms in total. The van der Waals surface area contributed by atoms with Gasteiger partial charge in [0.25, 0.3) is 0 Å². The van der Waals surface area contributed by atoms with Crippen molar-refractivity contribution in [3.63, 3.8) is 0 Å². The van der Waals surface area contributed by atoms with Crippen LogP contribution in [0.15, 0.2) is 24.4 Å². The summed E-state index contributed by atoms with van der Waals surface area (Å²) in [6.07, 6.45) is 13.4. The van der Waals surface area contributed by atoms with E-state index in [0.717, 1.165) is 74.4 Å². The van der Waals surface area contributed by atoms with Crippen molar-refractivity contribution in [2.24, 2.45) is 5.92 Å². The highest BCUT2D eigenvalue weighted by molar-refractivity contribution is 5.76. The molecule has 1 aliphatic carbocycles. The van der Waals surface area contributed by atoms with Gasteiger partial charge in [-0.3, -0.25) is 14.7 Å². The van der Waals surface area contributed by atoms with E-state index in [9.17, 15) is 9.90 Å². The third-order valence-corrected chi connectivity index (χ3v) is 7.76. The minimum Gasteiger partial charge on any atom is -0.480 e. The molecule has 6 heteroatoms. The number of hydrogen-bond acceptors (Lipinski definition) is 5. The molecule has 3 aliphatic rings. The van der Waals surface area contributed by atoms with E-state index in [4.69, 9.17) is 4.98 Å². The molecule has 5 rings (SSSR count). The van der Waals surface area contributed by atoms with Crippen LogP contribution in [-0.2, 0) is 17.6 Å². The summed E-state index contributed by atoms with van der Waals surface area (Å²) in [6.45, 7) is 4.79. The Hall–Kier alpha value is -2.47. The Balaban J connectivity index is 1.10. The molecule has 2 aliphatic heterocycles. The van der Waals surface area contributed by atoms with Crippen LogP contribution >= 0.6 is 0 Å². The summed E-state index contributed by atoms with van der Waals surface area (Å²) >= 11 is 0. The van der Waals surface area contributed by atoms with E-state index in [0.29, 0.717) is 11.8 Å². The van der Waals surface area contributed by atoms with Crippen LogP contribution in [0.25, 0.3) is 0 Å². The molecule has 1 saturated heterocycles. The summed E-state index contributed by atoms with van der Waals surface area (Å²) in [5, 5.41) is 13.6. The number of nitrogens with zero attached hydrogens (tertiary/aromatic N) is 3. The van der Waals surface area contributed by atoms with E-state index in [1.807, 2.05) is 13.1 Å². The van der Waals surface area contributed by atoms with Gasteiger partial charge < -0.3 is 10.4 Å². The van der Waals surface area contributed by atoms with Crippen LogP contribution in [-0.4, -0.2) is 45.6 Å². The maximum absolute atomic E-state index is 12.3. The van der Waals surface area contributed by atoms with E-state index >= 15 is 0 Å². The number of carboxylic acids is 1. The predicted octanol–water partition coefficient (Wildman–Crippen LogP) is 5.27. The first kappa shape index (κ1) is 23.3. The second-order valence-electron chi connectivity index (χ2n) is 10.6. The fourth-order valence-electron chi connectivity index (χ4n) is 5.76. The third-order valence-electron chi connectivity index (χ3n) is 7.76. The Morgan fingerprint density at radius 3 is 2.94 bits per heavy atom. The van der Waals surface area contributed by atoms with Gasteiger partial charge in [0.1, 0.15) is 11.9 Å². The molecular formula is C28H38N4O2. The number of nitrogens with one attached hydrogen (secondary N) is 1. The van der Waals surface area contributed by atoms with Gasteiger partial charge in [0.2, 0.25) is 0 Å². The monoisotopic (exact) mass is 462 g/mol. The number of hydrogen-bond donors (Lipinski definition) is 2. The highest BCUT2D eigenvalue weighted by atomic mass is 16.4. The van der Waals surface area contributed by atoms with Gasteiger partial charge in [0.15, 0.2) is 0 Å². The number of aliphatic carboxylic acids is 1. The third kappa shape index (κ3) is 5.43. The van der Waals surface area contributed by atoms with E-state index in [1.165, 1.54) is 43.4 Å². The molecule has 1 unspecified atom stereocenters. The number of fused-ring (bicyclic) bond motifs is 1. The lowest BCUT2D eigenvalue weighted by molar-refractivity contribution is -0.143. The molecule has 2 aromatic heterocycles. The molecule has 0 spiro atoms. The topological polar surface area (TPSA) is 78.3 Å². The smallest absolute Gasteiger partial charge is 0.325 e. The van der Waals surface area contributed by atoms with Gasteiger partial charge in [-0.15, -0.1) is 0 Å². The number of anilines is 1. The Labute approximate surface area is 203 Å². The zero-order valence-corrected chi connectivity index (χ0v) is 20.4. The molecule has 182 valence electrons. The molecule has 1 saturated carbocycles. The van der Waals surface area contributed by atoms with Gasteiger partial charge >= 0.3 is 5.97 Å². The highest BCUT2D eigenvalue weighted by Crippen LogP contribution is 2.43. The van der Waals surface area contributed by atoms with Crippen LogP contribution < -0.4 is 5.32 Å². The normalized spacial score (nSPS) is 21.1. The van der Waals surface area contributed by atoms with Gasteiger partial charge in [-0.25, -0.2) is 4.98 Å². The number of aromatic nitrogens is 2. The molecule has 2 fully saturated rings. The average molecular weight is 463 g/mol. The number of rotatable bonds is 10. The lowest BCUT2D eigenvalue weighted by atomic mass is 9.98. The second-order valence-corrected chi connectivity index (χ2v) is 10.6. The van der Waals surface area contributed by atoms with Crippen molar-refractivity contribution in [2.45, 2.75) is 83.1 Å². The summed E-state index contributed by atoms with van der Waals surface area (Å²) in [7, 11) is 0. The zero-order chi connectivity index (χ0) is 23.5. The number of carbonyl (C=O) groups is 1. The standard InChI is InChI=1S/C28H38N4O2/c1-19-16-24(25(30-17-19)21-9-10-21)26(28(33)34)32-15-13-20(18-32)6-3-2-4-8-23-12-11-22-7-5-14-29-27(22)31-23/h11-12,16-17,20-21,26H,2-10,13-15,18H2,1H3,(H,29,31)(H,33,34)/t20-,26?/m1/s1. The first-order valence-electron chi connectivity index (χ1n) is 13.2. The second kappa shape index (κ2) is 10.4. The maximum Gasteiger partial charge on any atom is 0.325 e. The van der Waals surface area contributed by atoms with Crippen molar-refractivity contribution >= 4 is 11.8 Å². The molecule has 0 radical (unpaired) electrons. The molecule has 34 heavy (non-hydrogen) atoms. The van der Waals surface area contributed by atoms with Gasteiger partial charge in [-0.1, -0.05) is 25.0 Å². The van der Waals surface area contributed by atoms with Crippen LogP contribution in [0.5, 0.6) is 0 Å². The number of aryl methyl sites for hydroxylation is 3. The average Bonchev–Trinajstić information content (AvgIpc) is 3.57.